The van der Waals surface area contributed by atoms with Crippen LogP contribution in [0.2, 0.25) is 0 Å². The van der Waals surface area contributed by atoms with Crippen molar-refractivity contribution in [3.8, 4) is 0 Å². The summed E-state index contributed by atoms with van der Waals surface area (Å²) in [7, 11) is 3.32. The van der Waals surface area contributed by atoms with Crippen molar-refractivity contribution in [3.63, 3.8) is 0 Å². The molecule has 0 bridgehead atoms. The zero-order valence-electron chi connectivity index (χ0n) is 11.7. The lowest BCUT2D eigenvalue weighted by Crippen LogP contribution is -2.46. The second-order valence-corrected chi connectivity index (χ2v) is 4.66. The van der Waals surface area contributed by atoms with Crippen molar-refractivity contribution in [2.24, 2.45) is 0 Å². The molecule has 1 saturated heterocycles. The van der Waals surface area contributed by atoms with Crippen LogP contribution >= 0.6 is 0 Å². The summed E-state index contributed by atoms with van der Waals surface area (Å²) < 4.78 is 10.1. The topological polar surface area (TPSA) is 42.0 Å². The van der Waals surface area contributed by atoms with E-state index in [1.807, 2.05) is 9.80 Å². The van der Waals surface area contributed by atoms with Gasteiger partial charge in [-0.1, -0.05) is 12.8 Å². The van der Waals surface area contributed by atoms with Crippen LogP contribution in [0, 0.1) is 0 Å². The molecule has 0 unspecified atom stereocenters. The van der Waals surface area contributed by atoms with Gasteiger partial charge >= 0.3 is 6.03 Å². The first kappa shape index (κ1) is 15.2. The molecule has 5 heteroatoms. The fraction of sp³-hybridized carbons (Fsp3) is 0.923. The van der Waals surface area contributed by atoms with Crippen molar-refractivity contribution >= 4 is 6.03 Å². The third-order valence-electron chi connectivity index (χ3n) is 3.28. The normalized spacial score (nSPS) is 16.4. The lowest BCUT2D eigenvalue weighted by Gasteiger charge is -2.29. The number of amides is 2. The van der Waals surface area contributed by atoms with Crippen LogP contribution in [0.25, 0.3) is 0 Å². The first-order valence-corrected chi connectivity index (χ1v) is 6.81. The van der Waals surface area contributed by atoms with Crippen molar-refractivity contribution in [2.45, 2.75) is 25.7 Å². The van der Waals surface area contributed by atoms with E-state index in [1.54, 1.807) is 14.2 Å². The van der Waals surface area contributed by atoms with Crippen LogP contribution < -0.4 is 0 Å². The van der Waals surface area contributed by atoms with Crippen molar-refractivity contribution in [2.75, 3.05) is 53.6 Å². The Labute approximate surface area is 110 Å². The van der Waals surface area contributed by atoms with Crippen LogP contribution in [0.5, 0.6) is 0 Å². The Hall–Kier alpha value is -0.810. The minimum absolute atomic E-state index is 0.131. The number of carbonyl (C=O) groups is 1. The standard InChI is InChI=1S/C13H26N2O3/c1-17-11-9-15(10-12-18-2)13(16)14-7-5-3-4-6-8-14/h3-12H2,1-2H3. The maximum atomic E-state index is 12.4. The molecule has 1 rings (SSSR count). The van der Waals surface area contributed by atoms with Gasteiger partial charge in [0.15, 0.2) is 0 Å². The Balaban J connectivity index is 2.49. The molecule has 1 heterocycles. The second-order valence-electron chi connectivity index (χ2n) is 4.66. The van der Waals surface area contributed by atoms with Gasteiger partial charge in [0, 0.05) is 40.4 Å². The molecular weight excluding hydrogens is 232 g/mol. The number of urea groups is 1. The van der Waals surface area contributed by atoms with Crippen LogP contribution in [0.1, 0.15) is 25.7 Å². The Morgan fingerprint density at radius 1 is 1.00 bits per heavy atom. The molecule has 0 atom stereocenters. The molecule has 0 aromatic heterocycles. The maximum absolute atomic E-state index is 12.4. The van der Waals surface area contributed by atoms with Crippen LogP contribution in [0.3, 0.4) is 0 Å². The Bertz CT molecular complexity index is 220. The highest BCUT2D eigenvalue weighted by atomic mass is 16.5. The average Bonchev–Trinajstić information content (AvgIpc) is 2.67. The average molecular weight is 258 g/mol. The summed E-state index contributed by atoms with van der Waals surface area (Å²) in [6.07, 6.45) is 4.71. The van der Waals surface area contributed by atoms with Gasteiger partial charge in [-0.05, 0) is 12.8 Å². The molecule has 2 amide bonds. The second kappa shape index (κ2) is 9.16. The van der Waals surface area contributed by atoms with Crippen molar-refractivity contribution in [3.05, 3.63) is 0 Å². The number of hydrogen-bond acceptors (Lipinski definition) is 3. The molecule has 0 aromatic rings. The quantitative estimate of drug-likeness (QED) is 0.726. The molecule has 0 spiro atoms. The Morgan fingerprint density at radius 3 is 1.94 bits per heavy atom. The number of ether oxygens (including phenoxy) is 2. The van der Waals surface area contributed by atoms with Gasteiger partial charge in [-0.25, -0.2) is 4.79 Å². The van der Waals surface area contributed by atoms with Crippen LogP contribution in [-0.4, -0.2) is 69.4 Å². The van der Waals surface area contributed by atoms with E-state index in [4.69, 9.17) is 9.47 Å². The zero-order valence-corrected chi connectivity index (χ0v) is 11.7. The van der Waals surface area contributed by atoms with Gasteiger partial charge < -0.3 is 19.3 Å². The van der Waals surface area contributed by atoms with E-state index in [1.165, 1.54) is 12.8 Å². The lowest BCUT2D eigenvalue weighted by atomic mass is 10.2. The van der Waals surface area contributed by atoms with Crippen molar-refractivity contribution < 1.29 is 14.3 Å². The first-order chi connectivity index (χ1) is 8.79. The summed E-state index contributed by atoms with van der Waals surface area (Å²) in [6.45, 7) is 4.18. The zero-order chi connectivity index (χ0) is 13.2. The van der Waals surface area contributed by atoms with Gasteiger partial charge in [-0.15, -0.1) is 0 Å². The maximum Gasteiger partial charge on any atom is 0.320 e. The molecule has 5 nitrogen and oxygen atoms in total. The smallest absolute Gasteiger partial charge is 0.320 e. The molecular formula is C13H26N2O3. The van der Waals surface area contributed by atoms with E-state index in [-0.39, 0.29) is 6.03 Å². The highest BCUT2D eigenvalue weighted by molar-refractivity contribution is 5.74. The van der Waals surface area contributed by atoms with Crippen LogP contribution in [0.15, 0.2) is 0 Å². The SMILES string of the molecule is COCCN(CCOC)C(=O)N1CCCCCC1. The van der Waals surface area contributed by atoms with Crippen LogP contribution in [0.4, 0.5) is 4.79 Å². The number of rotatable bonds is 6. The summed E-state index contributed by atoms with van der Waals surface area (Å²) in [4.78, 5) is 16.2. The molecule has 1 aliphatic rings. The summed E-state index contributed by atoms with van der Waals surface area (Å²) in [5.74, 6) is 0. The van der Waals surface area contributed by atoms with E-state index in [0.29, 0.717) is 26.3 Å². The number of nitrogens with zero attached hydrogens (tertiary/aromatic N) is 2. The Kier molecular flexibility index (Phi) is 7.76. The van der Waals surface area contributed by atoms with Gasteiger partial charge in [-0.2, -0.15) is 0 Å². The minimum atomic E-state index is 0.131. The number of likely N-dealkylation sites (tertiary alicyclic amines) is 1. The van der Waals surface area contributed by atoms with Crippen molar-refractivity contribution in [1.29, 1.82) is 0 Å². The van der Waals surface area contributed by atoms with Gasteiger partial charge in [0.1, 0.15) is 0 Å². The third-order valence-corrected chi connectivity index (χ3v) is 3.28. The monoisotopic (exact) mass is 258 g/mol. The van der Waals surface area contributed by atoms with E-state index in [0.717, 1.165) is 25.9 Å². The minimum Gasteiger partial charge on any atom is -0.383 e. The lowest BCUT2D eigenvalue weighted by molar-refractivity contribution is 0.104. The summed E-state index contributed by atoms with van der Waals surface area (Å²) >= 11 is 0. The molecule has 0 aliphatic carbocycles. The molecule has 106 valence electrons. The van der Waals surface area contributed by atoms with E-state index < -0.39 is 0 Å². The van der Waals surface area contributed by atoms with E-state index in [9.17, 15) is 4.79 Å². The van der Waals surface area contributed by atoms with E-state index in [2.05, 4.69) is 0 Å². The molecule has 0 aromatic carbocycles. The first-order valence-electron chi connectivity index (χ1n) is 6.81. The summed E-state index contributed by atoms with van der Waals surface area (Å²) in [6, 6.07) is 0.131. The Morgan fingerprint density at radius 2 is 1.50 bits per heavy atom. The molecule has 18 heavy (non-hydrogen) atoms. The third kappa shape index (κ3) is 5.23. The molecule has 0 N–H and O–H groups in total. The summed E-state index contributed by atoms with van der Waals surface area (Å²) in [5.41, 5.74) is 0. The predicted molar refractivity (Wildman–Crippen MR) is 70.8 cm³/mol. The van der Waals surface area contributed by atoms with Crippen molar-refractivity contribution in [1.82, 2.24) is 9.80 Å². The van der Waals surface area contributed by atoms with Gasteiger partial charge in [0.05, 0.1) is 13.2 Å². The largest absolute Gasteiger partial charge is 0.383 e. The van der Waals surface area contributed by atoms with Gasteiger partial charge in [0.2, 0.25) is 0 Å². The fourth-order valence-corrected chi connectivity index (χ4v) is 2.17. The van der Waals surface area contributed by atoms with E-state index >= 15 is 0 Å². The molecule has 1 aliphatic heterocycles. The number of carbonyl (C=O) groups excluding carboxylic acids is 1. The molecule has 0 saturated carbocycles. The molecule has 0 radical (unpaired) electrons. The van der Waals surface area contributed by atoms with Gasteiger partial charge in [-0.3, -0.25) is 0 Å². The molecule has 1 fully saturated rings. The number of methoxy groups -OCH3 is 2. The number of hydrogen-bond donors (Lipinski definition) is 0. The highest BCUT2D eigenvalue weighted by Gasteiger charge is 2.21. The van der Waals surface area contributed by atoms with Crippen LogP contribution in [-0.2, 0) is 9.47 Å². The summed E-state index contributed by atoms with van der Waals surface area (Å²) in [5, 5.41) is 0. The highest BCUT2D eigenvalue weighted by Crippen LogP contribution is 2.11. The predicted octanol–water partition coefficient (Wildman–Crippen LogP) is 1.58. The van der Waals surface area contributed by atoms with Gasteiger partial charge in [0.25, 0.3) is 0 Å². The fourth-order valence-electron chi connectivity index (χ4n) is 2.17.